The largest absolute Gasteiger partial charge is 0.494 e. The molecule has 1 saturated heterocycles. The van der Waals surface area contributed by atoms with Crippen LogP contribution in [0.1, 0.15) is 55.8 Å². The molecule has 1 heterocycles. The Hall–Kier alpha value is -1.88. The van der Waals surface area contributed by atoms with E-state index in [4.69, 9.17) is 9.47 Å². The number of amides is 1. The summed E-state index contributed by atoms with van der Waals surface area (Å²) >= 11 is 0. The van der Waals surface area contributed by atoms with Crippen molar-refractivity contribution in [2.24, 2.45) is 0 Å². The van der Waals surface area contributed by atoms with Crippen LogP contribution in [-0.2, 0) is 9.53 Å². The molecule has 5 heteroatoms. The summed E-state index contributed by atoms with van der Waals surface area (Å²) in [6, 6.07) is 7.34. The van der Waals surface area contributed by atoms with Gasteiger partial charge in [-0.25, -0.2) is 0 Å². The van der Waals surface area contributed by atoms with Gasteiger partial charge in [-0.1, -0.05) is 0 Å². The number of fused-ring (bicyclic) bond motifs is 1. The molecule has 1 saturated carbocycles. The normalized spacial score (nSPS) is 23.0. The molecular formula is C20H27NO4. The van der Waals surface area contributed by atoms with E-state index in [1.807, 2.05) is 11.8 Å². The molecule has 136 valence electrons. The van der Waals surface area contributed by atoms with Gasteiger partial charge in [0.2, 0.25) is 5.91 Å². The Kier molecular flexibility index (Phi) is 6.08. The zero-order valence-corrected chi connectivity index (χ0v) is 14.9. The maximum atomic E-state index is 12.7. The van der Waals surface area contributed by atoms with Gasteiger partial charge in [0.25, 0.3) is 0 Å². The predicted octanol–water partition coefficient (Wildman–Crippen LogP) is 3.22. The highest BCUT2D eigenvalue weighted by Crippen LogP contribution is 2.29. The smallest absolute Gasteiger partial charge is 0.223 e. The number of benzene rings is 1. The van der Waals surface area contributed by atoms with E-state index in [-0.39, 0.29) is 36.7 Å². The number of ketones is 1. The highest BCUT2D eigenvalue weighted by molar-refractivity contribution is 5.98. The summed E-state index contributed by atoms with van der Waals surface area (Å²) in [6.45, 7) is 4.00. The molecule has 1 aliphatic heterocycles. The Bertz CT molecular complexity index is 598. The molecule has 25 heavy (non-hydrogen) atoms. The minimum atomic E-state index is 0.00504. The fraction of sp³-hybridized carbons (Fsp3) is 0.600. The van der Waals surface area contributed by atoms with Gasteiger partial charge in [-0.2, -0.15) is 0 Å². The molecule has 2 fully saturated rings. The first-order chi connectivity index (χ1) is 12.2. The summed E-state index contributed by atoms with van der Waals surface area (Å²) < 4.78 is 11.2. The van der Waals surface area contributed by atoms with Crippen LogP contribution in [0, 0.1) is 0 Å². The quantitative estimate of drug-likeness (QED) is 0.743. The summed E-state index contributed by atoms with van der Waals surface area (Å²) in [6.07, 6.45) is 4.77. The minimum absolute atomic E-state index is 0.00504. The van der Waals surface area contributed by atoms with Crippen molar-refractivity contribution in [1.82, 2.24) is 4.90 Å². The minimum Gasteiger partial charge on any atom is -0.494 e. The molecule has 1 amide bonds. The number of carbonyl (C=O) groups is 2. The third-order valence-corrected chi connectivity index (χ3v) is 5.07. The molecule has 2 aliphatic rings. The van der Waals surface area contributed by atoms with E-state index >= 15 is 0 Å². The Balaban J connectivity index is 1.54. The van der Waals surface area contributed by atoms with Gasteiger partial charge < -0.3 is 14.4 Å². The van der Waals surface area contributed by atoms with Crippen LogP contribution in [0.2, 0.25) is 0 Å². The van der Waals surface area contributed by atoms with Crippen LogP contribution in [0.4, 0.5) is 0 Å². The van der Waals surface area contributed by atoms with Crippen LogP contribution in [0.5, 0.6) is 5.75 Å². The van der Waals surface area contributed by atoms with Crippen LogP contribution in [0.25, 0.3) is 0 Å². The van der Waals surface area contributed by atoms with E-state index in [1.165, 1.54) is 0 Å². The molecule has 3 rings (SSSR count). The summed E-state index contributed by atoms with van der Waals surface area (Å²) in [5.41, 5.74) is 0.634. The highest BCUT2D eigenvalue weighted by Gasteiger charge is 2.36. The Morgan fingerprint density at radius 1 is 1.16 bits per heavy atom. The third kappa shape index (κ3) is 4.40. The van der Waals surface area contributed by atoms with E-state index in [0.717, 1.165) is 44.6 Å². The van der Waals surface area contributed by atoms with Crippen molar-refractivity contribution in [3.05, 3.63) is 29.8 Å². The van der Waals surface area contributed by atoms with Crippen molar-refractivity contribution >= 4 is 11.7 Å². The molecule has 5 nitrogen and oxygen atoms in total. The van der Waals surface area contributed by atoms with Gasteiger partial charge in [-0.05, 0) is 56.9 Å². The van der Waals surface area contributed by atoms with Crippen molar-refractivity contribution in [3.8, 4) is 5.75 Å². The molecule has 0 spiro atoms. The second-order valence-electron chi connectivity index (χ2n) is 6.73. The van der Waals surface area contributed by atoms with Gasteiger partial charge in [0.15, 0.2) is 5.78 Å². The maximum Gasteiger partial charge on any atom is 0.223 e. The fourth-order valence-corrected chi connectivity index (χ4v) is 3.81. The lowest BCUT2D eigenvalue weighted by Crippen LogP contribution is -2.43. The molecule has 2 atom stereocenters. The average Bonchev–Trinajstić information content (AvgIpc) is 2.99. The van der Waals surface area contributed by atoms with Crippen molar-refractivity contribution in [2.45, 2.75) is 57.6 Å². The molecule has 0 bridgehead atoms. The summed E-state index contributed by atoms with van der Waals surface area (Å²) in [5, 5.41) is 0. The van der Waals surface area contributed by atoms with Gasteiger partial charge in [0.1, 0.15) is 5.75 Å². The standard InChI is InChI=1S/C20H27NO4/c1-2-24-16-9-7-15(8-10-16)18(22)11-12-20(23)21-13-4-14-25-19-6-3-5-17(19)21/h7-10,17,19H,2-6,11-14H2,1H3. The predicted molar refractivity (Wildman–Crippen MR) is 94.9 cm³/mol. The molecule has 1 aromatic rings. The van der Waals surface area contributed by atoms with Crippen molar-refractivity contribution in [2.75, 3.05) is 19.8 Å². The van der Waals surface area contributed by atoms with Crippen LogP contribution in [0.3, 0.4) is 0 Å². The highest BCUT2D eigenvalue weighted by atomic mass is 16.5. The van der Waals surface area contributed by atoms with Crippen LogP contribution >= 0.6 is 0 Å². The summed E-state index contributed by atoms with van der Waals surface area (Å²) in [7, 11) is 0. The van der Waals surface area contributed by atoms with E-state index in [1.54, 1.807) is 24.3 Å². The van der Waals surface area contributed by atoms with Gasteiger partial charge in [-0.3, -0.25) is 9.59 Å². The average molecular weight is 345 g/mol. The van der Waals surface area contributed by atoms with Crippen molar-refractivity contribution in [1.29, 1.82) is 0 Å². The maximum absolute atomic E-state index is 12.7. The number of hydrogen-bond donors (Lipinski definition) is 0. The fourth-order valence-electron chi connectivity index (χ4n) is 3.81. The monoisotopic (exact) mass is 345 g/mol. The molecule has 1 aliphatic carbocycles. The first-order valence-electron chi connectivity index (χ1n) is 9.36. The van der Waals surface area contributed by atoms with Gasteiger partial charge >= 0.3 is 0 Å². The topological polar surface area (TPSA) is 55.8 Å². The van der Waals surface area contributed by atoms with E-state index in [9.17, 15) is 9.59 Å². The zero-order chi connectivity index (χ0) is 17.6. The van der Waals surface area contributed by atoms with Crippen molar-refractivity contribution in [3.63, 3.8) is 0 Å². The van der Waals surface area contributed by atoms with Crippen LogP contribution in [0.15, 0.2) is 24.3 Å². The number of hydrogen-bond acceptors (Lipinski definition) is 4. The summed E-state index contributed by atoms with van der Waals surface area (Å²) in [4.78, 5) is 27.0. The lowest BCUT2D eigenvalue weighted by molar-refractivity contribution is -0.134. The van der Waals surface area contributed by atoms with Crippen LogP contribution < -0.4 is 4.74 Å². The van der Waals surface area contributed by atoms with E-state index in [2.05, 4.69) is 0 Å². The molecular weight excluding hydrogens is 318 g/mol. The van der Waals surface area contributed by atoms with Gasteiger partial charge in [0.05, 0.1) is 18.8 Å². The first kappa shape index (κ1) is 17.9. The molecule has 0 N–H and O–H groups in total. The SMILES string of the molecule is CCOc1ccc(C(=O)CCC(=O)N2CCCOC3CCCC32)cc1. The second kappa shape index (κ2) is 8.48. The first-order valence-corrected chi connectivity index (χ1v) is 9.36. The van der Waals surface area contributed by atoms with E-state index < -0.39 is 0 Å². The number of ether oxygens (including phenoxy) is 2. The van der Waals surface area contributed by atoms with Gasteiger partial charge in [0, 0.05) is 31.6 Å². The Morgan fingerprint density at radius 2 is 1.96 bits per heavy atom. The van der Waals surface area contributed by atoms with Crippen molar-refractivity contribution < 1.29 is 19.1 Å². The number of Topliss-reactive ketones (excluding diaryl/α,β-unsaturated/α-hetero) is 1. The number of carbonyl (C=O) groups excluding carboxylic acids is 2. The van der Waals surface area contributed by atoms with Gasteiger partial charge in [-0.15, -0.1) is 0 Å². The number of nitrogens with zero attached hydrogens (tertiary/aromatic N) is 1. The third-order valence-electron chi connectivity index (χ3n) is 5.07. The molecule has 0 aromatic heterocycles. The number of rotatable bonds is 6. The van der Waals surface area contributed by atoms with Crippen LogP contribution in [-0.4, -0.2) is 48.5 Å². The summed E-state index contributed by atoms with van der Waals surface area (Å²) in [5.74, 6) is 0.846. The molecule has 2 unspecified atom stereocenters. The zero-order valence-electron chi connectivity index (χ0n) is 14.9. The Morgan fingerprint density at radius 3 is 2.72 bits per heavy atom. The Labute approximate surface area is 149 Å². The molecule has 1 aromatic carbocycles. The lowest BCUT2D eigenvalue weighted by Gasteiger charge is -2.30. The molecule has 0 radical (unpaired) electrons. The lowest BCUT2D eigenvalue weighted by atomic mass is 10.1. The van der Waals surface area contributed by atoms with E-state index in [0.29, 0.717) is 12.2 Å². The second-order valence-corrected chi connectivity index (χ2v) is 6.73.